The van der Waals surface area contributed by atoms with E-state index in [1.807, 2.05) is 0 Å². The van der Waals surface area contributed by atoms with Gasteiger partial charge in [-0.3, -0.25) is 9.59 Å². The first kappa shape index (κ1) is 27.4. The molecule has 146 valence electrons. The van der Waals surface area contributed by atoms with Crippen LogP contribution in [0.3, 0.4) is 0 Å². The molecule has 0 aliphatic carbocycles. The van der Waals surface area contributed by atoms with E-state index in [1.165, 1.54) is 12.8 Å². The first-order valence-corrected chi connectivity index (χ1v) is 9.88. The van der Waals surface area contributed by atoms with Gasteiger partial charge in [0, 0.05) is 0 Å². The van der Waals surface area contributed by atoms with Crippen LogP contribution >= 0.6 is 0 Å². The van der Waals surface area contributed by atoms with E-state index in [2.05, 4.69) is 27.7 Å². The van der Waals surface area contributed by atoms with E-state index in [4.69, 9.17) is 9.47 Å². The molecule has 0 bridgehead atoms. The monoisotopic (exact) mass is 384 g/mol. The molecule has 0 saturated carbocycles. The average Bonchev–Trinajstić information content (AvgIpc) is 2.60. The van der Waals surface area contributed by atoms with Crippen LogP contribution in [0.25, 0.3) is 0 Å². The summed E-state index contributed by atoms with van der Waals surface area (Å²) in [6, 6.07) is 0. The Morgan fingerprint density at radius 1 is 0.760 bits per heavy atom. The molecule has 0 rings (SSSR count). The standard InChI is InChI=1S/C20H38O4.Ca.2H/c1-5-9-11-17(7-3)15-23-19(21)13-14-20(22)24-16-18(8-4)12-10-6-2;;;/h17-18H,5-16H2,1-4H3;;;/q;+2;2*-1. The van der Waals surface area contributed by atoms with Crippen LogP contribution in [0.4, 0.5) is 0 Å². The maximum absolute atomic E-state index is 11.7. The number of ether oxygens (including phenoxy) is 2. The molecule has 0 spiro atoms. The Morgan fingerprint density at radius 2 is 1.12 bits per heavy atom. The van der Waals surface area contributed by atoms with Crippen molar-refractivity contribution in [1.29, 1.82) is 0 Å². The maximum atomic E-state index is 11.7. The fourth-order valence-electron chi connectivity index (χ4n) is 2.57. The van der Waals surface area contributed by atoms with E-state index < -0.39 is 0 Å². The molecule has 0 aliphatic rings. The van der Waals surface area contributed by atoms with Crippen LogP contribution in [0.15, 0.2) is 0 Å². The quantitative estimate of drug-likeness (QED) is 0.290. The van der Waals surface area contributed by atoms with Crippen molar-refractivity contribution in [2.24, 2.45) is 11.8 Å². The molecule has 2 unspecified atom stereocenters. The van der Waals surface area contributed by atoms with Gasteiger partial charge in [0.1, 0.15) is 0 Å². The van der Waals surface area contributed by atoms with Crippen molar-refractivity contribution >= 4 is 49.7 Å². The SMILES string of the molecule is CCCCC(CC)COC(=O)CCC(=O)OCC(CC)CCCC.[Ca+2].[H-].[H-]. The summed E-state index contributed by atoms with van der Waals surface area (Å²) in [6.45, 7) is 9.51. The second-order valence-corrected chi connectivity index (χ2v) is 6.70. The van der Waals surface area contributed by atoms with Gasteiger partial charge in [-0.1, -0.05) is 66.2 Å². The number of unbranched alkanes of at least 4 members (excludes halogenated alkanes) is 2. The van der Waals surface area contributed by atoms with Crippen LogP contribution < -0.4 is 0 Å². The van der Waals surface area contributed by atoms with E-state index >= 15 is 0 Å². The molecule has 25 heavy (non-hydrogen) atoms. The molecule has 5 heteroatoms. The fraction of sp³-hybridized carbons (Fsp3) is 0.900. The number of esters is 2. The minimum absolute atomic E-state index is 0. The molecule has 2 atom stereocenters. The molecule has 4 nitrogen and oxygen atoms in total. The molecule has 0 heterocycles. The molecule has 0 amide bonds. The normalized spacial score (nSPS) is 12.8. The molecule has 0 N–H and O–H groups in total. The smallest absolute Gasteiger partial charge is 1.00 e. The number of carbonyl (C=O) groups is 2. The molecule has 0 aromatic carbocycles. The minimum atomic E-state index is -0.292. The molecular weight excluding hydrogens is 344 g/mol. The maximum Gasteiger partial charge on any atom is 2.00 e. The summed E-state index contributed by atoms with van der Waals surface area (Å²) in [5.41, 5.74) is 0. The van der Waals surface area contributed by atoms with E-state index in [0.717, 1.165) is 38.5 Å². The number of hydrogen-bond donors (Lipinski definition) is 0. The first-order chi connectivity index (χ1) is 11.6. The summed E-state index contributed by atoms with van der Waals surface area (Å²) in [7, 11) is 0. The molecule has 0 radical (unpaired) electrons. The molecule has 0 aromatic rings. The second kappa shape index (κ2) is 19.0. The average molecular weight is 385 g/mol. The van der Waals surface area contributed by atoms with Crippen LogP contribution in [-0.4, -0.2) is 62.9 Å². The van der Waals surface area contributed by atoms with Crippen molar-refractivity contribution in [1.82, 2.24) is 0 Å². The number of hydrogen-bond acceptors (Lipinski definition) is 4. The summed E-state index contributed by atoms with van der Waals surface area (Å²) in [5.74, 6) is 0.286. The third kappa shape index (κ3) is 16.1. The predicted octanol–water partition coefficient (Wildman–Crippen LogP) is 5.13. The second-order valence-electron chi connectivity index (χ2n) is 6.70. The van der Waals surface area contributed by atoms with Crippen molar-refractivity contribution in [3.05, 3.63) is 0 Å². The van der Waals surface area contributed by atoms with Crippen LogP contribution in [-0.2, 0) is 19.1 Å². The minimum Gasteiger partial charge on any atom is -1.00 e. The van der Waals surface area contributed by atoms with Gasteiger partial charge in [0.2, 0.25) is 0 Å². The van der Waals surface area contributed by atoms with Gasteiger partial charge in [0.05, 0.1) is 26.1 Å². The van der Waals surface area contributed by atoms with E-state index in [1.54, 1.807) is 0 Å². The summed E-state index contributed by atoms with van der Waals surface area (Å²) >= 11 is 0. The van der Waals surface area contributed by atoms with Gasteiger partial charge < -0.3 is 12.3 Å². The summed E-state index contributed by atoms with van der Waals surface area (Å²) in [5, 5.41) is 0. The molecular formula is C20H40CaO4. The van der Waals surface area contributed by atoms with Gasteiger partial charge in [-0.25, -0.2) is 0 Å². The van der Waals surface area contributed by atoms with Crippen LogP contribution in [0.5, 0.6) is 0 Å². The van der Waals surface area contributed by atoms with E-state index in [-0.39, 0.29) is 65.4 Å². The third-order valence-electron chi connectivity index (χ3n) is 4.58. The Hall–Kier alpha value is 0.200. The molecule has 0 aliphatic heterocycles. The number of carbonyl (C=O) groups excluding carboxylic acids is 2. The largest absolute Gasteiger partial charge is 2.00 e. The van der Waals surface area contributed by atoms with Crippen molar-refractivity contribution in [3.8, 4) is 0 Å². The van der Waals surface area contributed by atoms with Crippen molar-refractivity contribution in [3.63, 3.8) is 0 Å². The summed E-state index contributed by atoms with van der Waals surface area (Å²) in [6.07, 6.45) is 9.12. The van der Waals surface area contributed by atoms with Crippen LogP contribution in [0.1, 0.15) is 94.8 Å². The molecule has 0 aromatic heterocycles. The fourth-order valence-corrected chi connectivity index (χ4v) is 2.57. The predicted molar refractivity (Wildman–Crippen MR) is 106 cm³/mol. The van der Waals surface area contributed by atoms with Gasteiger partial charge in [-0.05, 0) is 24.7 Å². The topological polar surface area (TPSA) is 52.6 Å². The summed E-state index contributed by atoms with van der Waals surface area (Å²) in [4.78, 5) is 23.5. The van der Waals surface area contributed by atoms with Crippen molar-refractivity contribution < 1.29 is 21.9 Å². The Kier molecular flexibility index (Phi) is 20.8. The van der Waals surface area contributed by atoms with Crippen molar-refractivity contribution in [2.45, 2.75) is 91.9 Å². The summed E-state index contributed by atoms with van der Waals surface area (Å²) < 4.78 is 10.6. The third-order valence-corrected chi connectivity index (χ3v) is 4.58. The van der Waals surface area contributed by atoms with Gasteiger partial charge in [0.15, 0.2) is 0 Å². The van der Waals surface area contributed by atoms with Crippen LogP contribution in [0.2, 0.25) is 0 Å². The van der Waals surface area contributed by atoms with Gasteiger partial charge in [0.25, 0.3) is 0 Å². The number of rotatable bonds is 15. The molecule has 0 fully saturated rings. The van der Waals surface area contributed by atoms with Gasteiger partial charge in [-0.15, -0.1) is 0 Å². The zero-order valence-electron chi connectivity index (χ0n) is 19.0. The van der Waals surface area contributed by atoms with Crippen molar-refractivity contribution in [2.75, 3.05) is 13.2 Å². The first-order valence-electron chi connectivity index (χ1n) is 9.88. The van der Waals surface area contributed by atoms with Gasteiger partial charge >= 0.3 is 49.7 Å². The Morgan fingerprint density at radius 3 is 1.40 bits per heavy atom. The van der Waals surface area contributed by atoms with Crippen LogP contribution in [0, 0.1) is 11.8 Å². The Bertz CT molecular complexity index is 312. The zero-order chi connectivity index (χ0) is 18.2. The van der Waals surface area contributed by atoms with E-state index in [0.29, 0.717) is 25.0 Å². The Labute approximate surface area is 187 Å². The zero-order valence-corrected chi connectivity index (χ0v) is 19.2. The Balaban J connectivity index is -0.000000882. The van der Waals surface area contributed by atoms with Gasteiger partial charge in [-0.2, -0.15) is 0 Å². The molecule has 0 saturated heterocycles. The van der Waals surface area contributed by atoms with E-state index in [9.17, 15) is 9.59 Å².